The first-order chi connectivity index (χ1) is 8.18. The number of hydrogen-bond acceptors (Lipinski definition) is 5. The lowest BCUT2D eigenvalue weighted by Crippen LogP contribution is -2.25. The zero-order valence-corrected chi connectivity index (χ0v) is 9.30. The number of nitrogens with two attached hydrogens (primary N) is 1. The second-order valence-corrected chi connectivity index (χ2v) is 3.57. The number of anilines is 1. The zero-order valence-electron chi connectivity index (χ0n) is 9.30. The molecule has 17 heavy (non-hydrogen) atoms. The smallest absolute Gasteiger partial charge is 0.254 e. The number of carbonyl (C=O) groups is 1. The maximum absolute atomic E-state index is 11.9. The average molecular weight is 232 g/mol. The van der Waals surface area contributed by atoms with Crippen molar-refractivity contribution in [1.82, 2.24) is 15.5 Å². The number of amides is 1. The van der Waals surface area contributed by atoms with Crippen LogP contribution < -0.4 is 11.1 Å². The molecule has 0 atom stereocenters. The molecule has 0 saturated heterocycles. The summed E-state index contributed by atoms with van der Waals surface area (Å²) in [4.78, 5) is 15.7. The highest BCUT2D eigenvalue weighted by molar-refractivity contribution is 6.00. The minimum atomic E-state index is -0.245. The molecular weight excluding hydrogens is 220 g/mol. The van der Waals surface area contributed by atoms with Crippen LogP contribution in [0.1, 0.15) is 21.7 Å². The van der Waals surface area contributed by atoms with Crippen molar-refractivity contribution < 1.29 is 9.32 Å². The molecule has 1 amide bonds. The SMILES string of the molecule is Cc1cccc(N)c1C(=O)NCc1ncon1. The molecule has 88 valence electrons. The van der Waals surface area contributed by atoms with Gasteiger partial charge in [0.15, 0.2) is 5.82 Å². The second kappa shape index (κ2) is 4.65. The molecule has 0 bridgehead atoms. The van der Waals surface area contributed by atoms with Crippen molar-refractivity contribution in [3.05, 3.63) is 41.5 Å². The Morgan fingerprint density at radius 2 is 2.35 bits per heavy atom. The number of nitrogen functional groups attached to an aromatic ring is 1. The summed E-state index contributed by atoms with van der Waals surface area (Å²) >= 11 is 0. The summed E-state index contributed by atoms with van der Waals surface area (Å²) in [7, 11) is 0. The van der Waals surface area contributed by atoms with Crippen LogP contribution in [0.3, 0.4) is 0 Å². The number of benzene rings is 1. The third-order valence-corrected chi connectivity index (χ3v) is 2.35. The molecule has 1 heterocycles. The number of carbonyl (C=O) groups excluding carboxylic acids is 1. The van der Waals surface area contributed by atoms with Crippen molar-refractivity contribution >= 4 is 11.6 Å². The van der Waals surface area contributed by atoms with E-state index >= 15 is 0 Å². The van der Waals surface area contributed by atoms with Crippen molar-refractivity contribution in [3.63, 3.8) is 0 Å². The van der Waals surface area contributed by atoms with Crippen molar-refractivity contribution in [1.29, 1.82) is 0 Å². The van der Waals surface area contributed by atoms with Crippen LogP contribution in [0.5, 0.6) is 0 Å². The standard InChI is InChI=1S/C11H12N4O2/c1-7-3-2-4-8(12)10(7)11(16)13-5-9-14-6-17-15-9/h2-4,6H,5,12H2,1H3,(H,13,16). The predicted molar refractivity (Wildman–Crippen MR) is 61.1 cm³/mol. The van der Waals surface area contributed by atoms with E-state index in [2.05, 4.69) is 20.0 Å². The molecule has 1 aromatic heterocycles. The van der Waals surface area contributed by atoms with Gasteiger partial charge in [-0.1, -0.05) is 17.3 Å². The zero-order chi connectivity index (χ0) is 12.3. The van der Waals surface area contributed by atoms with Crippen LogP contribution in [0.25, 0.3) is 0 Å². The van der Waals surface area contributed by atoms with Crippen LogP contribution in [-0.4, -0.2) is 16.0 Å². The third kappa shape index (κ3) is 2.41. The first-order valence-electron chi connectivity index (χ1n) is 5.07. The fourth-order valence-corrected chi connectivity index (χ4v) is 1.52. The van der Waals surface area contributed by atoms with E-state index in [1.54, 1.807) is 12.1 Å². The van der Waals surface area contributed by atoms with E-state index in [1.165, 1.54) is 6.39 Å². The Balaban J connectivity index is 2.10. The Morgan fingerprint density at radius 1 is 1.53 bits per heavy atom. The lowest BCUT2D eigenvalue weighted by atomic mass is 10.1. The van der Waals surface area contributed by atoms with E-state index in [9.17, 15) is 4.79 Å². The second-order valence-electron chi connectivity index (χ2n) is 3.57. The normalized spacial score (nSPS) is 10.2. The molecule has 0 aliphatic rings. The Labute approximate surface area is 97.8 Å². The minimum Gasteiger partial charge on any atom is -0.398 e. The van der Waals surface area contributed by atoms with Gasteiger partial charge in [-0.25, -0.2) is 0 Å². The topological polar surface area (TPSA) is 94.0 Å². The van der Waals surface area contributed by atoms with E-state index in [-0.39, 0.29) is 12.5 Å². The Morgan fingerprint density at radius 3 is 3.00 bits per heavy atom. The Bertz CT molecular complexity index is 502. The van der Waals surface area contributed by atoms with E-state index in [1.807, 2.05) is 13.0 Å². The van der Waals surface area contributed by atoms with Gasteiger partial charge in [-0.05, 0) is 18.6 Å². The predicted octanol–water partition coefficient (Wildman–Crippen LogP) is 0.890. The molecule has 0 aliphatic carbocycles. The first-order valence-corrected chi connectivity index (χ1v) is 5.07. The molecule has 6 nitrogen and oxygen atoms in total. The van der Waals surface area contributed by atoms with Crippen molar-refractivity contribution in [2.45, 2.75) is 13.5 Å². The van der Waals surface area contributed by atoms with Crippen LogP contribution in [0.2, 0.25) is 0 Å². The first kappa shape index (κ1) is 11.1. The van der Waals surface area contributed by atoms with Crippen molar-refractivity contribution in [3.8, 4) is 0 Å². The van der Waals surface area contributed by atoms with Gasteiger partial charge < -0.3 is 15.6 Å². The molecule has 0 saturated carbocycles. The van der Waals surface area contributed by atoms with E-state index < -0.39 is 0 Å². The van der Waals surface area contributed by atoms with Crippen LogP contribution in [0.15, 0.2) is 29.1 Å². The Hall–Kier alpha value is -2.37. The molecule has 0 aliphatic heterocycles. The summed E-state index contributed by atoms with van der Waals surface area (Å²) in [6.07, 6.45) is 1.21. The van der Waals surface area contributed by atoms with Crippen LogP contribution in [-0.2, 0) is 6.54 Å². The van der Waals surface area contributed by atoms with Crippen molar-refractivity contribution in [2.75, 3.05) is 5.73 Å². The van der Waals surface area contributed by atoms with Gasteiger partial charge in [0.05, 0.1) is 12.1 Å². The molecule has 0 spiro atoms. The monoisotopic (exact) mass is 232 g/mol. The summed E-state index contributed by atoms with van der Waals surface area (Å²) in [6.45, 7) is 2.04. The van der Waals surface area contributed by atoms with Gasteiger partial charge in [-0.3, -0.25) is 4.79 Å². The average Bonchev–Trinajstić information content (AvgIpc) is 2.79. The molecular formula is C11H12N4O2. The molecule has 2 rings (SSSR count). The number of aryl methyl sites for hydroxylation is 1. The van der Waals surface area contributed by atoms with Crippen LogP contribution in [0, 0.1) is 6.92 Å². The molecule has 1 aromatic carbocycles. The quantitative estimate of drug-likeness (QED) is 0.766. The number of hydrogen-bond donors (Lipinski definition) is 2. The summed E-state index contributed by atoms with van der Waals surface area (Å²) in [6, 6.07) is 5.33. The van der Waals surface area contributed by atoms with Gasteiger partial charge in [0.25, 0.3) is 5.91 Å². The molecule has 0 unspecified atom stereocenters. The molecule has 2 aromatic rings. The molecule has 0 radical (unpaired) electrons. The van der Waals surface area contributed by atoms with Gasteiger partial charge in [-0.15, -0.1) is 0 Å². The summed E-state index contributed by atoms with van der Waals surface area (Å²) < 4.78 is 4.56. The van der Waals surface area contributed by atoms with Gasteiger partial charge in [0.1, 0.15) is 0 Å². The highest BCUT2D eigenvalue weighted by atomic mass is 16.5. The fourth-order valence-electron chi connectivity index (χ4n) is 1.52. The fraction of sp³-hybridized carbons (Fsp3) is 0.182. The number of aromatic nitrogens is 2. The lowest BCUT2D eigenvalue weighted by Gasteiger charge is -2.08. The maximum Gasteiger partial charge on any atom is 0.254 e. The van der Waals surface area contributed by atoms with E-state index in [0.717, 1.165) is 5.56 Å². The summed E-state index contributed by atoms with van der Waals surface area (Å²) in [5.41, 5.74) is 7.53. The van der Waals surface area contributed by atoms with Crippen LogP contribution >= 0.6 is 0 Å². The lowest BCUT2D eigenvalue weighted by molar-refractivity contribution is 0.0950. The third-order valence-electron chi connectivity index (χ3n) is 2.35. The van der Waals surface area contributed by atoms with Crippen LogP contribution in [0.4, 0.5) is 5.69 Å². The highest BCUT2D eigenvalue weighted by Gasteiger charge is 2.12. The van der Waals surface area contributed by atoms with E-state index in [0.29, 0.717) is 17.1 Å². The van der Waals surface area contributed by atoms with Gasteiger partial charge in [0, 0.05) is 5.69 Å². The molecule has 6 heteroatoms. The summed E-state index contributed by atoms with van der Waals surface area (Å²) in [5.74, 6) is 0.177. The van der Waals surface area contributed by atoms with E-state index in [4.69, 9.17) is 5.73 Å². The number of nitrogens with zero attached hydrogens (tertiary/aromatic N) is 2. The maximum atomic E-state index is 11.9. The number of nitrogens with one attached hydrogen (secondary N) is 1. The molecule has 3 N–H and O–H groups in total. The van der Waals surface area contributed by atoms with Gasteiger partial charge in [0.2, 0.25) is 6.39 Å². The van der Waals surface area contributed by atoms with Gasteiger partial charge in [-0.2, -0.15) is 4.98 Å². The van der Waals surface area contributed by atoms with Crippen molar-refractivity contribution in [2.24, 2.45) is 0 Å². The minimum absolute atomic E-state index is 0.211. The Kier molecular flexibility index (Phi) is 3.04. The summed E-state index contributed by atoms with van der Waals surface area (Å²) in [5, 5.41) is 6.27. The molecule has 0 fully saturated rings. The number of rotatable bonds is 3. The highest BCUT2D eigenvalue weighted by Crippen LogP contribution is 2.15. The largest absolute Gasteiger partial charge is 0.398 e. The van der Waals surface area contributed by atoms with Gasteiger partial charge >= 0.3 is 0 Å².